The molecule has 0 bridgehead atoms. The molecule has 2 fully saturated rings. The third kappa shape index (κ3) is 4.05. The zero-order valence-corrected chi connectivity index (χ0v) is 18.0. The van der Waals surface area contributed by atoms with Crippen molar-refractivity contribution < 1.29 is 4.79 Å². The Labute approximate surface area is 175 Å². The van der Waals surface area contributed by atoms with Crippen LogP contribution in [0.4, 0.5) is 0 Å². The van der Waals surface area contributed by atoms with Gasteiger partial charge in [0.2, 0.25) is 0 Å². The molecule has 0 aromatic carbocycles. The monoisotopic (exact) mass is 413 g/mol. The molecule has 1 aliphatic carbocycles. The second-order valence-corrected chi connectivity index (χ2v) is 8.85. The minimum atomic E-state index is -0.558. The van der Waals surface area contributed by atoms with Crippen molar-refractivity contribution in [3.8, 4) is 0 Å². The van der Waals surface area contributed by atoms with Gasteiger partial charge in [0.15, 0.2) is 5.65 Å². The maximum atomic E-state index is 13.1. The molecule has 1 amide bonds. The lowest BCUT2D eigenvalue weighted by molar-refractivity contribution is 0.0923. The zero-order chi connectivity index (χ0) is 21.4. The van der Waals surface area contributed by atoms with Gasteiger partial charge in [0.25, 0.3) is 11.5 Å². The van der Waals surface area contributed by atoms with Crippen molar-refractivity contribution in [1.29, 1.82) is 0 Å². The van der Waals surface area contributed by atoms with E-state index in [2.05, 4.69) is 34.0 Å². The number of amides is 1. The summed E-state index contributed by atoms with van der Waals surface area (Å²) in [7, 11) is 0. The third-order valence-corrected chi connectivity index (χ3v) is 6.52. The van der Waals surface area contributed by atoms with Crippen molar-refractivity contribution >= 4 is 16.9 Å². The van der Waals surface area contributed by atoms with Gasteiger partial charge in [-0.15, -0.1) is 0 Å². The summed E-state index contributed by atoms with van der Waals surface area (Å²) < 4.78 is 1.43. The highest BCUT2D eigenvalue weighted by Gasteiger charge is 2.29. The normalized spacial score (nSPS) is 19.2. The van der Waals surface area contributed by atoms with Gasteiger partial charge in [0.05, 0.1) is 10.9 Å². The van der Waals surface area contributed by atoms with Gasteiger partial charge < -0.3 is 5.32 Å². The number of nitrogens with one attached hydrogen (secondary N) is 2. The molecular formula is C22H31N5O3. The molecule has 162 valence electrons. The number of carbonyl (C=O) groups excluding carboxylic acids is 1. The van der Waals surface area contributed by atoms with Crippen LogP contribution in [-0.4, -0.2) is 51.0 Å². The molecule has 1 atom stereocenters. The number of rotatable bonds is 6. The fourth-order valence-corrected chi connectivity index (χ4v) is 4.29. The summed E-state index contributed by atoms with van der Waals surface area (Å²) in [6.07, 6.45) is 4.40. The Morgan fingerprint density at radius 1 is 1.27 bits per heavy atom. The van der Waals surface area contributed by atoms with Crippen molar-refractivity contribution in [2.24, 2.45) is 5.92 Å². The first-order chi connectivity index (χ1) is 14.4. The summed E-state index contributed by atoms with van der Waals surface area (Å²) in [6, 6.07) is 1.96. The van der Waals surface area contributed by atoms with Crippen LogP contribution in [0.15, 0.2) is 15.7 Å². The minimum absolute atomic E-state index is 0.192. The number of hydrogen-bond acceptors (Lipinski definition) is 5. The number of likely N-dealkylation sites (tertiary alicyclic amines) is 1. The van der Waals surface area contributed by atoms with Crippen molar-refractivity contribution in [3.05, 3.63) is 38.2 Å². The lowest BCUT2D eigenvalue weighted by atomic mass is 9.98. The molecule has 1 aliphatic heterocycles. The average Bonchev–Trinajstić information content (AvgIpc) is 3.57. The Bertz CT molecular complexity index is 1060. The van der Waals surface area contributed by atoms with Crippen LogP contribution in [0.2, 0.25) is 0 Å². The predicted octanol–water partition coefficient (Wildman–Crippen LogP) is 1.83. The maximum Gasteiger partial charge on any atom is 0.329 e. The number of fused-ring (bicyclic) bond motifs is 1. The van der Waals surface area contributed by atoms with Crippen molar-refractivity contribution in [2.45, 2.75) is 65.0 Å². The van der Waals surface area contributed by atoms with Crippen LogP contribution in [0.3, 0.4) is 0 Å². The fraction of sp³-hybridized carbons (Fsp3) is 0.636. The molecule has 2 N–H and O–H groups in total. The van der Waals surface area contributed by atoms with Crippen LogP contribution >= 0.6 is 0 Å². The van der Waals surface area contributed by atoms with E-state index in [4.69, 9.17) is 0 Å². The van der Waals surface area contributed by atoms with E-state index in [0.29, 0.717) is 30.2 Å². The number of H-pyrrole nitrogens is 1. The molecule has 8 nitrogen and oxygen atoms in total. The number of hydrogen-bond donors (Lipinski definition) is 2. The molecule has 0 unspecified atom stereocenters. The topological polar surface area (TPSA) is 100 Å². The highest BCUT2D eigenvalue weighted by atomic mass is 16.2. The van der Waals surface area contributed by atoms with E-state index in [0.717, 1.165) is 37.5 Å². The zero-order valence-electron chi connectivity index (χ0n) is 18.0. The molecule has 2 aromatic rings. The summed E-state index contributed by atoms with van der Waals surface area (Å²) >= 11 is 0. The first-order valence-electron chi connectivity index (χ1n) is 11.1. The Morgan fingerprint density at radius 2 is 1.97 bits per heavy atom. The van der Waals surface area contributed by atoms with E-state index in [1.165, 1.54) is 17.4 Å². The molecule has 2 aromatic heterocycles. The number of piperidine rings is 1. The Morgan fingerprint density at radius 3 is 2.60 bits per heavy atom. The van der Waals surface area contributed by atoms with Crippen LogP contribution < -0.4 is 16.6 Å². The number of pyridine rings is 1. The molecule has 8 heteroatoms. The number of aryl methyl sites for hydroxylation is 1. The first-order valence-corrected chi connectivity index (χ1v) is 11.1. The van der Waals surface area contributed by atoms with E-state index in [9.17, 15) is 14.4 Å². The van der Waals surface area contributed by atoms with E-state index in [1.54, 1.807) is 6.07 Å². The summed E-state index contributed by atoms with van der Waals surface area (Å²) in [5.74, 6) is 0.776. The summed E-state index contributed by atoms with van der Waals surface area (Å²) in [4.78, 5) is 47.3. The first kappa shape index (κ1) is 20.8. The van der Waals surface area contributed by atoms with Crippen LogP contribution in [-0.2, 0) is 6.54 Å². The lowest BCUT2D eigenvalue weighted by Crippen LogP contribution is -2.45. The van der Waals surface area contributed by atoms with Gasteiger partial charge in [-0.1, -0.05) is 6.92 Å². The molecule has 1 saturated carbocycles. The maximum absolute atomic E-state index is 13.1. The van der Waals surface area contributed by atoms with E-state index in [-0.39, 0.29) is 17.3 Å². The molecule has 4 rings (SSSR count). The summed E-state index contributed by atoms with van der Waals surface area (Å²) in [5, 5.41) is 3.21. The summed E-state index contributed by atoms with van der Waals surface area (Å²) in [6.45, 7) is 9.21. The predicted molar refractivity (Wildman–Crippen MR) is 116 cm³/mol. The van der Waals surface area contributed by atoms with E-state index in [1.807, 2.05) is 6.92 Å². The van der Waals surface area contributed by atoms with Gasteiger partial charge >= 0.3 is 5.69 Å². The molecular weight excluding hydrogens is 382 g/mol. The van der Waals surface area contributed by atoms with E-state index >= 15 is 0 Å². The Kier molecular flexibility index (Phi) is 5.77. The molecule has 30 heavy (non-hydrogen) atoms. The van der Waals surface area contributed by atoms with Crippen LogP contribution in [0.5, 0.6) is 0 Å². The Hall–Kier alpha value is -2.48. The van der Waals surface area contributed by atoms with Gasteiger partial charge in [0, 0.05) is 30.7 Å². The second kappa shape index (κ2) is 8.34. The molecule has 0 radical (unpaired) electrons. The fourth-order valence-electron chi connectivity index (χ4n) is 4.29. The average molecular weight is 414 g/mol. The van der Waals surface area contributed by atoms with Gasteiger partial charge in [-0.2, -0.15) is 0 Å². The number of aromatic amines is 1. The van der Waals surface area contributed by atoms with Gasteiger partial charge in [0.1, 0.15) is 0 Å². The smallest absolute Gasteiger partial charge is 0.329 e. The Balaban J connectivity index is 1.63. The van der Waals surface area contributed by atoms with Gasteiger partial charge in [-0.05, 0) is 64.6 Å². The number of carbonyl (C=O) groups is 1. The molecule has 2 aliphatic rings. The molecule has 1 saturated heterocycles. The van der Waals surface area contributed by atoms with Crippen molar-refractivity contribution in [3.63, 3.8) is 0 Å². The molecule has 3 heterocycles. The van der Waals surface area contributed by atoms with Crippen LogP contribution in [0, 0.1) is 5.92 Å². The van der Waals surface area contributed by atoms with Crippen LogP contribution in [0.25, 0.3) is 11.0 Å². The van der Waals surface area contributed by atoms with E-state index < -0.39 is 11.2 Å². The van der Waals surface area contributed by atoms with Gasteiger partial charge in [-0.3, -0.25) is 24.0 Å². The highest BCUT2D eigenvalue weighted by molar-refractivity contribution is 6.05. The third-order valence-electron chi connectivity index (χ3n) is 6.52. The summed E-state index contributed by atoms with van der Waals surface area (Å²) in [5.41, 5.74) is 0.356. The molecule has 0 spiro atoms. The number of aromatic nitrogens is 3. The van der Waals surface area contributed by atoms with Crippen molar-refractivity contribution in [2.75, 3.05) is 19.6 Å². The minimum Gasteiger partial charge on any atom is -0.350 e. The van der Waals surface area contributed by atoms with Gasteiger partial charge in [-0.25, -0.2) is 9.78 Å². The second-order valence-electron chi connectivity index (χ2n) is 8.85. The lowest BCUT2D eigenvalue weighted by Gasteiger charge is -2.35. The number of nitrogens with zero attached hydrogens (tertiary/aromatic N) is 3. The van der Waals surface area contributed by atoms with Crippen LogP contribution in [0.1, 0.15) is 68.4 Å². The quantitative estimate of drug-likeness (QED) is 0.753. The standard InChI is InChI=1S/C22H31N5O3/c1-4-27-19-18(21(29)25-22(27)30)16(11-17(24-19)15-5-6-15)20(28)23-12-14(3)26-9-7-13(2)8-10-26/h11,13-15H,4-10,12H2,1-3H3,(H,23,28)(H,25,29,30)/t14-/m0/s1. The largest absolute Gasteiger partial charge is 0.350 e. The van der Waals surface area contributed by atoms with Crippen molar-refractivity contribution in [1.82, 2.24) is 24.8 Å². The highest BCUT2D eigenvalue weighted by Crippen LogP contribution is 2.39. The SMILES string of the molecule is CCn1c(=O)[nH]c(=O)c2c(C(=O)NC[C@H](C)N3CCC(C)CC3)cc(C3CC3)nc21.